The van der Waals surface area contributed by atoms with Crippen LogP contribution in [0.3, 0.4) is 0 Å². The van der Waals surface area contributed by atoms with Crippen molar-refractivity contribution in [2.45, 2.75) is 38.5 Å². The Morgan fingerprint density at radius 1 is 1.24 bits per heavy atom. The van der Waals surface area contributed by atoms with Crippen LogP contribution in [0.25, 0.3) is 11.0 Å². The Labute approximate surface area is 169 Å². The van der Waals surface area contributed by atoms with Crippen molar-refractivity contribution in [1.29, 1.82) is 5.26 Å². The molecule has 2 aliphatic rings. The van der Waals surface area contributed by atoms with Crippen LogP contribution in [-0.4, -0.2) is 70.4 Å². The van der Waals surface area contributed by atoms with Crippen molar-refractivity contribution in [3.8, 4) is 6.07 Å². The first-order chi connectivity index (χ1) is 14.0. The average Bonchev–Trinajstić information content (AvgIpc) is 2.69. The number of β-amino-alcohol motifs (C(OH)–C–C–N with tert-alkyl or cyclic N) is 1. The summed E-state index contributed by atoms with van der Waals surface area (Å²) in [4.78, 5) is 25.5. The molecule has 0 spiro atoms. The number of benzene rings is 1. The molecule has 2 fully saturated rings. The number of hydrogen-bond donors (Lipinski definition) is 1. The van der Waals surface area contributed by atoms with Crippen molar-refractivity contribution in [2.75, 3.05) is 31.1 Å². The zero-order valence-corrected chi connectivity index (χ0v) is 16.7. The van der Waals surface area contributed by atoms with Crippen molar-refractivity contribution < 1.29 is 14.6 Å². The zero-order valence-electron chi connectivity index (χ0n) is 16.7. The largest absolute Gasteiger partial charge is 0.459 e. The molecule has 8 heteroatoms. The summed E-state index contributed by atoms with van der Waals surface area (Å²) < 4.78 is 5.83. The fraction of sp³-hybridized carbons (Fsp3) is 0.524. The topological polar surface area (TPSA) is 103 Å². The number of fused-ring (bicyclic) bond motifs is 1. The van der Waals surface area contributed by atoms with Crippen molar-refractivity contribution in [2.24, 2.45) is 5.92 Å². The van der Waals surface area contributed by atoms with E-state index in [1.807, 2.05) is 17.9 Å². The highest BCUT2D eigenvalue weighted by Gasteiger charge is 2.35. The number of aliphatic hydroxyl groups is 1. The first-order valence-electron chi connectivity index (χ1n) is 9.97. The maximum absolute atomic E-state index is 12.6. The van der Waals surface area contributed by atoms with E-state index in [-0.39, 0.29) is 24.2 Å². The molecule has 152 valence electrons. The molecule has 2 saturated heterocycles. The molecular weight excluding hydrogens is 370 g/mol. The van der Waals surface area contributed by atoms with E-state index in [1.165, 1.54) is 0 Å². The van der Waals surface area contributed by atoms with Gasteiger partial charge in [0, 0.05) is 32.0 Å². The Balaban J connectivity index is 1.52. The van der Waals surface area contributed by atoms with Crippen molar-refractivity contribution >= 4 is 22.7 Å². The second-order valence-electron chi connectivity index (χ2n) is 8.09. The quantitative estimate of drug-likeness (QED) is 0.774. The van der Waals surface area contributed by atoms with Gasteiger partial charge in [0.05, 0.1) is 23.9 Å². The summed E-state index contributed by atoms with van der Waals surface area (Å²) in [6.07, 6.45) is 3.45. The van der Waals surface area contributed by atoms with Crippen LogP contribution < -0.4 is 4.90 Å². The standard InChI is InChI=1S/C21H25N5O3/c1-13-7-17(29-21(28)14(2)25-10-16(27)11-25)12-26(9-13)18-4-3-15(8-22)19-20(18)24-6-5-23-19/h3-6,13-14,16-17,27H,7,9-12H2,1-2H3. The van der Waals surface area contributed by atoms with Gasteiger partial charge in [0.2, 0.25) is 0 Å². The molecule has 3 heterocycles. The number of carbonyl (C=O) groups is 1. The fourth-order valence-corrected chi connectivity index (χ4v) is 4.18. The van der Waals surface area contributed by atoms with E-state index in [4.69, 9.17) is 4.74 Å². The minimum Gasteiger partial charge on any atom is -0.459 e. The number of carbonyl (C=O) groups excluding carboxylic acids is 1. The Morgan fingerprint density at radius 3 is 2.66 bits per heavy atom. The predicted molar refractivity (Wildman–Crippen MR) is 107 cm³/mol. The van der Waals surface area contributed by atoms with E-state index in [0.29, 0.717) is 42.1 Å². The molecule has 0 bridgehead atoms. The number of aromatic nitrogens is 2. The molecule has 2 aromatic rings. The van der Waals surface area contributed by atoms with Crippen LogP contribution in [0, 0.1) is 17.2 Å². The third-order valence-electron chi connectivity index (χ3n) is 5.75. The molecule has 0 aliphatic carbocycles. The molecule has 1 aromatic heterocycles. The Kier molecular flexibility index (Phi) is 5.35. The second-order valence-corrected chi connectivity index (χ2v) is 8.09. The molecule has 0 radical (unpaired) electrons. The van der Waals surface area contributed by atoms with E-state index in [0.717, 1.165) is 18.7 Å². The number of anilines is 1. The van der Waals surface area contributed by atoms with Crippen molar-refractivity contribution in [1.82, 2.24) is 14.9 Å². The lowest BCUT2D eigenvalue weighted by atomic mass is 9.96. The number of nitriles is 1. The van der Waals surface area contributed by atoms with Crippen LogP contribution >= 0.6 is 0 Å². The molecule has 3 atom stereocenters. The van der Waals surface area contributed by atoms with Gasteiger partial charge in [0.1, 0.15) is 29.2 Å². The third kappa shape index (κ3) is 3.88. The summed E-state index contributed by atoms with van der Waals surface area (Å²) in [5, 5.41) is 18.8. The third-order valence-corrected chi connectivity index (χ3v) is 5.75. The maximum atomic E-state index is 12.6. The van der Waals surface area contributed by atoms with Gasteiger partial charge in [-0.3, -0.25) is 19.7 Å². The van der Waals surface area contributed by atoms with Gasteiger partial charge in [0.25, 0.3) is 0 Å². The molecule has 1 aromatic carbocycles. The molecule has 0 saturated carbocycles. The smallest absolute Gasteiger partial charge is 0.323 e. The minimum atomic E-state index is -0.356. The van der Waals surface area contributed by atoms with E-state index in [9.17, 15) is 15.2 Å². The molecule has 2 aliphatic heterocycles. The summed E-state index contributed by atoms with van der Waals surface area (Å²) >= 11 is 0. The number of likely N-dealkylation sites (tertiary alicyclic amines) is 1. The van der Waals surface area contributed by atoms with Crippen LogP contribution in [0.2, 0.25) is 0 Å². The zero-order chi connectivity index (χ0) is 20.5. The van der Waals surface area contributed by atoms with Gasteiger partial charge < -0.3 is 14.7 Å². The highest BCUT2D eigenvalue weighted by Crippen LogP contribution is 2.31. The Hall–Kier alpha value is -2.76. The summed E-state index contributed by atoms with van der Waals surface area (Å²) in [5.41, 5.74) is 2.67. The van der Waals surface area contributed by atoms with Gasteiger partial charge in [-0.05, 0) is 31.4 Å². The monoisotopic (exact) mass is 395 g/mol. The number of nitrogens with zero attached hydrogens (tertiary/aromatic N) is 5. The van der Waals surface area contributed by atoms with Gasteiger partial charge in [0.15, 0.2) is 0 Å². The van der Waals surface area contributed by atoms with Crippen LogP contribution in [0.1, 0.15) is 25.8 Å². The normalized spacial score (nSPS) is 24.0. The van der Waals surface area contributed by atoms with Gasteiger partial charge in [-0.25, -0.2) is 0 Å². The first-order valence-corrected chi connectivity index (χ1v) is 9.97. The summed E-state index contributed by atoms with van der Waals surface area (Å²) in [6.45, 7) is 6.38. The van der Waals surface area contributed by atoms with Gasteiger partial charge in [-0.2, -0.15) is 5.26 Å². The van der Waals surface area contributed by atoms with Crippen LogP contribution in [0.15, 0.2) is 24.5 Å². The van der Waals surface area contributed by atoms with Gasteiger partial charge >= 0.3 is 5.97 Å². The molecule has 3 unspecified atom stereocenters. The maximum Gasteiger partial charge on any atom is 0.323 e. The number of aliphatic hydroxyl groups excluding tert-OH is 1. The fourth-order valence-electron chi connectivity index (χ4n) is 4.18. The van der Waals surface area contributed by atoms with Crippen LogP contribution in [-0.2, 0) is 9.53 Å². The predicted octanol–water partition coefficient (Wildman–Crippen LogP) is 1.32. The number of hydrogen-bond acceptors (Lipinski definition) is 8. The molecule has 0 amide bonds. The lowest BCUT2D eigenvalue weighted by Gasteiger charge is -2.41. The second kappa shape index (κ2) is 7.93. The van der Waals surface area contributed by atoms with Crippen LogP contribution in [0.5, 0.6) is 0 Å². The summed E-state index contributed by atoms with van der Waals surface area (Å²) in [7, 11) is 0. The van der Waals surface area contributed by atoms with Gasteiger partial charge in [-0.1, -0.05) is 6.92 Å². The summed E-state index contributed by atoms with van der Waals surface area (Å²) in [5.74, 6) is 0.0884. The van der Waals surface area contributed by atoms with Gasteiger partial charge in [-0.15, -0.1) is 0 Å². The highest BCUT2D eigenvalue weighted by atomic mass is 16.5. The molecule has 4 rings (SSSR count). The Bertz CT molecular complexity index is 953. The molecular formula is C21H25N5O3. The molecule has 8 nitrogen and oxygen atoms in total. The minimum absolute atomic E-state index is 0.220. The summed E-state index contributed by atoms with van der Waals surface area (Å²) in [6, 6.07) is 5.48. The average molecular weight is 395 g/mol. The van der Waals surface area contributed by atoms with E-state index >= 15 is 0 Å². The Morgan fingerprint density at radius 2 is 1.97 bits per heavy atom. The number of piperidine rings is 1. The van der Waals surface area contributed by atoms with E-state index < -0.39 is 0 Å². The molecule has 29 heavy (non-hydrogen) atoms. The van der Waals surface area contributed by atoms with Crippen molar-refractivity contribution in [3.63, 3.8) is 0 Å². The lowest BCUT2D eigenvalue weighted by molar-refractivity contribution is -0.160. The van der Waals surface area contributed by atoms with E-state index in [2.05, 4.69) is 27.9 Å². The van der Waals surface area contributed by atoms with Crippen LogP contribution in [0.4, 0.5) is 5.69 Å². The van der Waals surface area contributed by atoms with E-state index in [1.54, 1.807) is 18.5 Å². The SMILES string of the molecule is CC1CC(OC(=O)C(C)N2CC(O)C2)CN(c2ccc(C#N)c3nccnc23)C1. The highest BCUT2D eigenvalue weighted by molar-refractivity contribution is 5.92. The number of ether oxygens (including phenoxy) is 1. The van der Waals surface area contributed by atoms with Crippen molar-refractivity contribution in [3.05, 3.63) is 30.1 Å². The number of esters is 1. The molecule has 1 N–H and O–H groups in total. The number of rotatable bonds is 4. The lowest BCUT2D eigenvalue weighted by Crippen LogP contribution is -2.57. The first kappa shape index (κ1) is 19.6.